The molecule has 5 heteroatoms. The van der Waals surface area contributed by atoms with Crippen molar-refractivity contribution >= 4 is 23.5 Å². The van der Waals surface area contributed by atoms with Crippen LogP contribution >= 0.6 is 11.3 Å². The maximum Gasteiger partial charge on any atom is 0.281 e. The Labute approximate surface area is 102 Å². The van der Waals surface area contributed by atoms with Crippen LogP contribution in [-0.4, -0.2) is 12.1 Å². The second kappa shape index (κ2) is 5.36. The van der Waals surface area contributed by atoms with Crippen molar-refractivity contribution in [1.29, 1.82) is 0 Å². The first kappa shape index (κ1) is 11.5. The molecule has 1 aromatic carbocycles. The molecule has 1 aromatic heterocycles. The van der Waals surface area contributed by atoms with Gasteiger partial charge in [0.05, 0.1) is 11.1 Å². The van der Waals surface area contributed by atoms with Crippen LogP contribution in [0.5, 0.6) is 0 Å². The number of benzene rings is 1. The van der Waals surface area contributed by atoms with Gasteiger partial charge in [-0.15, -0.1) is 11.3 Å². The summed E-state index contributed by atoms with van der Waals surface area (Å²) < 4.78 is 12.7. The first-order chi connectivity index (χ1) is 8.25. The van der Waals surface area contributed by atoms with E-state index in [1.807, 2.05) is 30.3 Å². The van der Waals surface area contributed by atoms with Crippen molar-refractivity contribution in [3.05, 3.63) is 58.0 Å². The molecule has 3 nitrogen and oxygen atoms in total. The molecule has 0 aliphatic heterocycles. The van der Waals surface area contributed by atoms with Crippen molar-refractivity contribution < 1.29 is 9.18 Å². The minimum absolute atomic E-state index is 0.299. The Morgan fingerprint density at radius 3 is 2.65 bits per heavy atom. The second-order valence-corrected chi connectivity index (χ2v) is 4.25. The van der Waals surface area contributed by atoms with Gasteiger partial charge in [-0.25, -0.2) is 5.43 Å². The number of nitrogens with one attached hydrogen (secondary N) is 1. The SMILES string of the molecule is O=C(NN=Cc1ccccc1)c1ccc(F)s1. The van der Waals surface area contributed by atoms with E-state index in [0.29, 0.717) is 4.88 Å². The molecule has 0 unspecified atom stereocenters. The number of amides is 1. The summed E-state index contributed by atoms with van der Waals surface area (Å²) >= 11 is 0.789. The van der Waals surface area contributed by atoms with Gasteiger partial charge < -0.3 is 0 Å². The van der Waals surface area contributed by atoms with Gasteiger partial charge in [0.25, 0.3) is 5.91 Å². The first-order valence-corrected chi connectivity index (χ1v) is 5.71. The summed E-state index contributed by atoms with van der Waals surface area (Å²) in [5.74, 6) is -0.411. The number of hydrogen-bond donors (Lipinski definition) is 1. The summed E-state index contributed by atoms with van der Waals surface area (Å²) in [4.78, 5) is 11.8. The summed E-state index contributed by atoms with van der Waals surface area (Å²) in [5, 5.41) is 3.40. The van der Waals surface area contributed by atoms with E-state index in [4.69, 9.17) is 0 Å². The molecule has 0 bridgehead atoms. The molecule has 0 atom stereocenters. The standard InChI is InChI=1S/C12H9FN2OS/c13-11-7-6-10(17-11)12(16)15-14-8-9-4-2-1-3-5-9/h1-8H,(H,15,16). The first-order valence-electron chi connectivity index (χ1n) is 4.89. The smallest absolute Gasteiger partial charge is 0.266 e. The van der Waals surface area contributed by atoms with Gasteiger partial charge >= 0.3 is 0 Å². The zero-order chi connectivity index (χ0) is 12.1. The van der Waals surface area contributed by atoms with Crippen molar-refractivity contribution in [2.45, 2.75) is 0 Å². The molecule has 86 valence electrons. The molecule has 2 aromatic rings. The third kappa shape index (κ3) is 3.22. The van der Waals surface area contributed by atoms with Crippen LogP contribution in [0.3, 0.4) is 0 Å². The second-order valence-electron chi connectivity index (χ2n) is 3.21. The van der Waals surface area contributed by atoms with Crippen molar-refractivity contribution in [2.75, 3.05) is 0 Å². The van der Waals surface area contributed by atoms with Gasteiger partial charge in [0.1, 0.15) is 0 Å². The molecule has 0 spiro atoms. The largest absolute Gasteiger partial charge is 0.281 e. The van der Waals surface area contributed by atoms with Gasteiger partial charge in [-0.05, 0) is 17.7 Å². The van der Waals surface area contributed by atoms with Gasteiger partial charge in [0, 0.05) is 0 Å². The highest BCUT2D eigenvalue weighted by molar-refractivity contribution is 7.12. The van der Waals surface area contributed by atoms with Crippen LogP contribution in [0.2, 0.25) is 0 Å². The van der Waals surface area contributed by atoms with E-state index < -0.39 is 5.91 Å². The fraction of sp³-hybridized carbons (Fsp3) is 0. The van der Waals surface area contributed by atoms with E-state index in [9.17, 15) is 9.18 Å². The Kier molecular flexibility index (Phi) is 3.62. The molecule has 17 heavy (non-hydrogen) atoms. The fourth-order valence-corrected chi connectivity index (χ4v) is 1.82. The van der Waals surface area contributed by atoms with Crippen LogP contribution in [-0.2, 0) is 0 Å². The number of carbonyl (C=O) groups is 1. The van der Waals surface area contributed by atoms with Gasteiger partial charge in [-0.1, -0.05) is 30.3 Å². The summed E-state index contributed by atoms with van der Waals surface area (Å²) in [7, 11) is 0. The normalized spacial score (nSPS) is 10.6. The average molecular weight is 248 g/mol. The summed E-state index contributed by atoms with van der Waals surface area (Å²) in [6.45, 7) is 0. The Bertz CT molecular complexity index is 536. The molecule has 0 aliphatic carbocycles. The summed E-state index contributed by atoms with van der Waals surface area (Å²) in [5.41, 5.74) is 3.21. The monoisotopic (exact) mass is 248 g/mol. The number of hydrazone groups is 1. The predicted molar refractivity (Wildman–Crippen MR) is 65.8 cm³/mol. The third-order valence-electron chi connectivity index (χ3n) is 1.98. The fourth-order valence-electron chi connectivity index (χ4n) is 1.20. The van der Waals surface area contributed by atoms with Crippen LogP contribution < -0.4 is 5.43 Å². The van der Waals surface area contributed by atoms with E-state index in [2.05, 4.69) is 10.5 Å². The Morgan fingerprint density at radius 1 is 1.24 bits per heavy atom. The molecule has 2 rings (SSSR count). The Hall–Kier alpha value is -2.01. The molecule has 0 aliphatic rings. The van der Waals surface area contributed by atoms with Crippen LogP contribution in [0.15, 0.2) is 47.6 Å². The highest BCUT2D eigenvalue weighted by Gasteiger charge is 2.07. The maximum atomic E-state index is 12.7. The van der Waals surface area contributed by atoms with Crippen molar-refractivity contribution in [3.63, 3.8) is 0 Å². The molecule has 0 radical (unpaired) electrons. The zero-order valence-corrected chi connectivity index (χ0v) is 9.58. The van der Waals surface area contributed by atoms with E-state index >= 15 is 0 Å². The van der Waals surface area contributed by atoms with Gasteiger partial charge in [-0.3, -0.25) is 4.79 Å². The third-order valence-corrected chi connectivity index (χ3v) is 2.85. The number of nitrogens with zero attached hydrogens (tertiary/aromatic N) is 1. The Morgan fingerprint density at radius 2 is 2.00 bits per heavy atom. The average Bonchev–Trinajstić information content (AvgIpc) is 2.77. The van der Waals surface area contributed by atoms with Gasteiger partial charge in [0.15, 0.2) is 5.13 Å². The zero-order valence-electron chi connectivity index (χ0n) is 8.76. The van der Waals surface area contributed by atoms with Crippen LogP contribution in [0, 0.1) is 5.13 Å². The van der Waals surface area contributed by atoms with Gasteiger partial charge in [0.2, 0.25) is 0 Å². The maximum absolute atomic E-state index is 12.7. The molecule has 0 saturated carbocycles. The lowest BCUT2D eigenvalue weighted by molar-refractivity contribution is 0.0959. The molecular formula is C12H9FN2OS. The van der Waals surface area contributed by atoms with Crippen molar-refractivity contribution in [2.24, 2.45) is 5.10 Å². The van der Waals surface area contributed by atoms with Crippen LogP contribution in [0.4, 0.5) is 4.39 Å². The minimum atomic E-state index is -0.411. The molecular weight excluding hydrogens is 239 g/mol. The summed E-state index contributed by atoms with van der Waals surface area (Å²) in [6.07, 6.45) is 1.53. The highest BCUT2D eigenvalue weighted by atomic mass is 32.1. The Balaban J connectivity index is 1.95. The number of hydrogen-bond acceptors (Lipinski definition) is 3. The predicted octanol–water partition coefficient (Wildman–Crippen LogP) is 2.65. The summed E-state index contributed by atoms with van der Waals surface area (Å²) in [6, 6.07) is 12.0. The molecule has 1 N–H and O–H groups in total. The van der Waals surface area contributed by atoms with E-state index in [0.717, 1.165) is 16.9 Å². The van der Waals surface area contributed by atoms with Gasteiger partial charge in [-0.2, -0.15) is 9.49 Å². The van der Waals surface area contributed by atoms with Crippen molar-refractivity contribution in [3.8, 4) is 0 Å². The quantitative estimate of drug-likeness (QED) is 0.658. The molecule has 0 fully saturated rings. The number of carbonyl (C=O) groups excluding carboxylic acids is 1. The molecule has 1 heterocycles. The van der Waals surface area contributed by atoms with Crippen LogP contribution in [0.1, 0.15) is 15.2 Å². The molecule has 0 saturated heterocycles. The lowest BCUT2D eigenvalue weighted by atomic mass is 10.2. The molecule has 1 amide bonds. The number of halogens is 1. The number of thiophene rings is 1. The van der Waals surface area contributed by atoms with Crippen LogP contribution in [0.25, 0.3) is 0 Å². The minimum Gasteiger partial charge on any atom is -0.266 e. The lowest BCUT2D eigenvalue weighted by Crippen LogP contribution is -2.16. The van der Waals surface area contributed by atoms with E-state index in [1.165, 1.54) is 18.3 Å². The topological polar surface area (TPSA) is 41.5 Å². The van der Waals surface area contributed by atoms with Crippen molar-refractivity contribution in [1.82, 2.24) is 5.43 Å². The highest BCUT2D eigenvalue weighted by Crippen LogP contribution is 2.13. The lowest BCUT2D eigenvalue weighted by Gasteiger charge is -1.95. The number of rotatable bonds is 3. The van der Waals surface area contributed by atoms with E-state index in [-0.39, 0.29) is 5.13 Å². The van der Waals surface area contributed by atoms with E-state index in [1.54, 1.807) is 0 Å².